The molecule has 0 aromatic heterocycles. The van der Waals surface area contributed by atoms with E-state index in [9.17, 15) is 5.11 Å². The Morgan fingerprint density at radius 1 is 1.24 bits per heavy atom. The molecule has 1 aromatic rings. The maximum absolute atomic E-state index is 9.91. The summed E-state index contributed by atoms with van der Waals surface area (Å²) in [5.41, 5.74) is 1.14. The minimum absolute atomic E-state index is 0.111. The summed E-state index contributed by atoms with van der Waals surface area (Å²) in [7, 11) is 3.31. The number of morpholine rings is 1. The fraction of sp³-hybridized carbons (Fsp3) is 0.667. The number of aliphatic imine (C=N–C) groups is 1. The molecule has 2 N–H and O–H groups in total. The maximum Gasteiger partial charge on any atom is 0.194 e. The van der Waals surface area contributed by atoms with Gasteiger partial charge in [-0.15, -0.1) is 0 Å². The molecular formula is C21H34N4O4. The van der Waals surface area contributed by atoms with Crippen molar-refractivity contribution in [1.29, 1.82) is 0 Å². The number of guanidine groups is 1. The van der Waals surface area contributed by atoms with Crippen LogP contribution in [0.3, 0.4) is 0 Å². The average molecular weight is 407 g/mol. The first-order valence-electron chi connectivity index (χ1n) is 10.4. The van der Waals surface area contributed by atoms with Crippen molar-refractivity contribution < 1.29 is 19.3 Å². The van der Waals surface area contributed by atoms with Crippen LogP contribution in [0.2, 0.25) is 0 Å². The van der Waals surface area contributed by atoms with E-state index in [2.05, 4.69) is 28.1 Å². The topological polar surface area (TPSA) is 78.8 Å². The van der Waals surface area contributed by atoms with Gasteiger partial charge in [-0.05, 0) is 31.0 Å². The van der Waals surface area contributed by atoms with Crippen molar-refractivity contribution in [3.05, 3.63) is 23.8 Å². The number of nitrogens with zero attached hydrogens (tertiary/aromatic N) is 3. The maximum atomic E-state index is 9.91. The SMILES string of the molecule is CCNC(=NCC(c1ccc(OC)c(OC)c1)N1CCOCC1)N1CC[C@@H](O)C1. The van der Waals surface area contributed by atoms with Gasteiger partial charge in [0.2, 0.25) is 0 Å². The van der Waals surface area contributed by atoms with E-state index in [0.717, 1.165) is 68.8 Å². The molecule has 1 unspecified atom stereocenters. The molecular weight excluding hydrogens is 372 g/mol. The van der Waals surface area contributed by atoms with Gasteiger partial charge in [-0.2, -0.15) is 0 Å². The Balaban J connectivity index is 1.85. The van der Waals surface area contributed by atoms with Crippen LogP contribution in [0.1, 0.15) is 24.9 Å². The van der Waals surface area contributed by atoms with Gasteiger partial charge in [0.25, 0.3) is 0 Å². The van der Waals surface area contributed by atoms with Gasteiger partial charge in [0, 0.05) is 32.7 Å². The molecule has 2 fully saturated rings. The number of likely N-dealkylation sites (tertiary alicyclic amines) is 1. The zero-order valence-electron chi connectivity index (χ0n) is 17.8. The quantitative estimate of drug-likeness (QED) is 0.519. The highest BCUT2D eigenvalue weighted by Gasteiger charge is 2.26. The van der Waals surface area contributed by atoms with E-state index in [1.165, 1.54) is 0 Å². The smallest absolute Gasteiger partial charge is 0.194 e. The number of ether oxygens (including phenoxy) is 3. The predicted molar refractivity (Wildman–Crippen MR) is 113 cm³/mol. The highest BCUT2D eigenvalue weighted by atomic mass is 16.5. The number of benzene rings is 1. The van der Waals surface area contributed by atoms with Crippen LogP contribution in [-0.2, 0) is 4.74 Å². The fourth-order valence-corrected chi connectivity index (χ4v) is 3.91. The Kier molecular flexibility index (Phi) is 7.97. The Bertz CT molecular complexity index is 679. The van der Waals surface area contributed by atoms with Gasteiger partial charge >= 0.3 is 0 Å². The molecule has 29 heavy (non-hydrogen) atoms. The molecule has 0 bridgehead atoms. The third-order valence-electron chi connectivity index (χ3n) is 5.49. The largest absolute Gasteiger partial charge is 0.493 e. The van der Waals surface area contributed by atoms with Crippen molar-refractivity contribution in [2.75, 3.05) is 66.7 Å². The highest BCUT2D eigenvalue weighted by molar-refractivity contribution is 5.80. The molecule has 1 aromatic carbocycles. The molecule has 2 heterocycles. The second-order valence-corrected chi connectivity index (χ2v) is 7.36. The van der Waals surface area contributed by atoms with E-state index in [-0.39, 0.29) is 12.1 Å². The molecule has 0 saturated carbocycles. The monoisotopic (exact) mass is 406 g/mol. The fourth-order valence-electron chi connectivity index (χ4n) is 3.91. The highest BCUT2D eigenvalue weighted by Crippen LogP contribution is 2.32. The van der Waals surface area contributed by atoms with Crippen LogP contribution in [0.25, 0.3) is 0 Å². The third kappa shape index (κ3) is 5.52. The van der Waals surface area contributed by atoms with Crippen molar-refractivity contribution in [2.24, 2.45) is 4.99 Å². The van der Waals surface area contributed by atoms with Crippen LogP contribution >= 0.6 is 0 Å². The van der Waals surface area contributed by atoms with Crippen molar-refractivity contribution in [3.8, 4) is 11.5 Å². The van der Waals surface area contributed by atoms with Crippen LogP contribution in [-0.4, -0.2) is 93.7 Å². The van der Waals surface area contributed by atoms with Crippen LogP contribution in [0.5, 0.6) is 11.5 Å². The lowest BCUT2D eigenvalue weighted by Gasteiger charge is -2.34. The van der Waals surface area contributed by atoms with Gasteiger partial charge in [0.15, 0.2) is 17.5 Å². The van der Waals surface area contributed by atoms with Gasteiger partial charge in [-0.25, -0.2) is 0 Å². The predicted octanol–water partition coefficient (Wildman–Crippen LogP) is 1.11. The van der Waals surface area contributed by atoms with E-state index >= 15 is 0 Å². The molecule has 3 rings (SSSR count). The average Bonchev–Trinajstić information content (AvgIpc) is 3.19. The zero-order chi connectivity index (χ0) is 20.6. The summed E-state index contributed by atoms with van der Waals surface area (Å²) in [5, 5.41) is 13.3. The van der Waals surface area contributed by atoms with Crippen molar-refractivity contribution in [2.45, 2.75) is 25.5 Å². The first-order valence-corrected chi connectivity index (χ1v) is 10.4. The lowest BCUT2D eigenvalue weighted by molar-refractivity contribution is 0.0179. The molecule has 8 nitrogen and oxygen atoms in total. The summed E-state index contributed by atoms with van der Waals surface area (Å²) in [5.74, 6) is 2.31. The van der Waals surface area contributed by atoms with Gasteiger partial charge in [-0.3, -0.25) is 9.89 Å². The number of nitrogens with one attached hydrogen (secondary N) is 1. The number of hydrogen-bond donors (Lipinski definition) is 2. The first-order chi connectivity index (χ1) is 14.2. The Morgan fingerprint density at radius 2 is 2.00 bits per heavy atom. The number of rotatable bonds is 7. The molecule has 2 saturated heterocycles. The Morgan fingerprint density at radius 3 is 2.62 bits per heavy atom. The van der Waals surface area contributed by atoms with Gasteiger partial charge in [0.1, 0.15) is 0 Å². The summed E-state index contributed by atoms with van der Waals surface area (Å²) >= 11 is 0. The summed E-state index contributed by atoms with van der Waals surface area (Å²) in [6.45, 7) is 8.12. The van der Waals surface area contributed by atoms with E-state index in [0.29, 0.717) is 13.1 Å². The minimum atomic E-state index is -0.278. The Hall–Kier alpha value is -2.03. The molecule has 2 atom stereocenters. The summed E-state index contributed by atoms with van der Waals surface area (Å²) in [6.07, 6.45) is 0.507. The molecule has 0 amide bonds. The van der Waals surface area contributed by atoms with Crippen LogP contribution in [0.4, 0.5) is 0 Å². The molecule has 162 valence electrons. The van der Waals surface area contributed by atoms with Crippen molar-refractivity contribution >= 4 is 5.96 Å². The lowest BCUT2D eigenvalue weighted by Crippen LogP contribution is -2.43. The Labute approximate surface area is 173 Å². The summed E-state index contributed by atoms with van der Waals surface area (Å²) < 4.78 is 16.5. The van der Waals surface area contributed by atoms with Crippen LogP contribution < -0.4 is 14.8 Å². The molecule has 8 heteroatoms. The third-order valence-corrected chi connectivity index (χ3v) is 5.49. The van der Waals surface area contributed by atoms with Crippen LogP contribution in [0, 0.1) is 0 Å². The normalized spacial score (nSPS) is 21.9. The number of hydrogen-bond acceptors (Lipinski definition) is 6. The number of aliphatic hydroxyl groups is 1. The molecule has 0 spiro atoms. The number of methoxy groups -OCH3 is 2. The van der Waals surface area contributed by atoms with E-state index in [4.69, 9.17) is 19.2 Å². The van der Waals surface area contributed by atoms with Crippen LogP contribution in [0.15, 0.2) is 23.2 Å². The minimum Gasteiger partial charge on any atom is -0.493 e. The lowest BCUT2D eigenvalue weighted by atomic mass is 10.0. The standard InChI is InChI=1S/C21H34N4O4/c1-4-22-21(25-8-7-17(26)15-25)23-14-18(24-9-11-29-12-10-24)16-5-6-19(27-2)20(13-16)28-3/h5-6,13,17-18,26H,4,7-12,14-15H2,1-3H3,(H,22,23)/t17-,18?/m1/s1. The zero-order valence-corrected chi connectivity index (χ0v) is 17.8. The molecule has 2 aliphatic rings. The second-order valence-electron chi connectivity index (χ2n) is 7.36. The molecule has 0 radical (unpaired) electrons. The first kappa shape index (κ1) is 21.7. The number of β-amino-alcohol motifs (C(OH)–C–C–N with tert-alkyl or cyclic N) is 1. The summed E-state index contributed by atoms with van der Waals surface area (Å²) in [6, 6.07) is 6.19. The van der Waals surface area contributed by atoms with Gasteiger partial charge < -0.3 is 29.5 Å². The van der Waals surface area contributed by atoms with Gasteiger partial charge in [0.05, 0.1) is 46.1 Å². The van der Waals surface area contributed by atoms with E-state index < -0.39 is 0 Å². The van der Waals surface area contributed by atoms with E-state index in [1.54, 1.807) is 14.2 Å². The number of aliphatic hydroxyl groups excluding tert-OH is 1. The second kappa shape index (κ2) is 10.7. The summed E-state index contributed by atoms with van der Waals surface area (Å²) in [4.78, 5) is 9.50. The van der Waals surface area contributed by atoms with E-state index in [1.807, 2.05) is 12.1 Å². The van der Waals surface area contributed by atoms with Crippen molar-refractivity contribution in [1.82, 2.24) is 15.1 Å². The van der Waals surface area contributed by atoms with Crippen molar-refractivity contribution in [3.63, 3.8) is 0 Å². The molecule has 2 aliphatic heterocycles. The van der Waals surface area contributed by atoms with Gasteiger partial charge in [-0.1, -0.05) is 6.07 Å². The molecule has 0 aliphatic carbocycles.